The first-order valence-electron chi connectivity index (χ1n) is 12.3. The maximum atomic E-state index is 14.3. The molecule has 34 heavy (non-hydrogen) atoms. The molecule has 2 saturated heterocycles. The Bertz CT molecular complexity index is 987. The minimum Gasteiger partial charge on any atom is -0.490 e. The maximum absolute atomic E-state index is 14.3. The van der Waals surface area contributed by atoms with Crippen LogP contribution in [0.2, 0.25) is 0 Å². The lowest BCUT2D eigenvalue weighted by Crippen LogP contribution is -2.59. The summed E-state index contributed by atoms with van der Waals surface area (Å²) in [4.78, 5) is 17.2. The van der Waals surface area contributed by atoms with Crippen molar-refractivity contribution >= 4 is 15.9 Å². The van der Waals surface area contributed by atoms with Gasteiger partial charge in [-0.15, -0.1) is 0 Å². The van der Waals surface area contributed by atoms with Crippen LogP contribution in [0.3, 0.4) is 0 Å². The van der Waals surface area contributed by atoms with E-state index in [0.717, 1.165) is 63.9 Å². The molecule has 7 nitrogen and oxygen atoms in total. The number of carbonyl (C=O) groups excluding carboxylic acids is 1. The number of fused-ring (bicyclic) bond motifs is 2. The van der Waals surface area contributed by atoms with Crippen molar-refractivity contribution in [3.05, 3.63) is 24.0 Å². The number of hydrogen-bond donors (Lipinski definition) is 0. The van der Waals surface area contributed by atoms with Gasteiger partial charge in [-0.25, -0.2) is 17.6 Å². The predicted molar refractivity (Wildman–Crippen MR) is 127 cm³/mol. The Morgan fingerprint density at radius 3 is 2.15 bits per heavy atom. The van der Waals surface area contributed by atoms with E-state index < -0.39 is 21.3 Å². The van der Waals surface area contributed by atoms with Crippen molar-refractivity contribution in [3.8, 4) is 5.75 Å². The van der Waals surface area contributed by atoms with E-state index in [2.05, 4.69) is 4.90 Å². The number of ether oxygens (including phenoxy) is 2. The van der Waals surface area contributed by atoms with E-state index in [0.29, 0.717) is 18.6 Å². The molecule has 1 amide bonds. The van der Waals surface area contributed by atoms with E-state index in [4.69, 9.17) is 9.47 Å². The van der Waals surface area contributed by atoms with Gasteiger partial charge in [0.25, 0.3) is 0 Å². The average Bonchev–Trinajstić information content (AvgIpc) is 3.01. The molecule has 3 aliphatic rings. The lowest BCUT2D eigenvalue weighted by molar-refractivity contribution is -0.0158. The maximum Gasteiger partial charge on any atom is 0.410 e. The standard InChI is InChI=1S/C25H37FN2O5S/c1-25(2,3)33-24(29)28-19-9-10-20(28)15-27(14-19)18-7-5-17(6-8-18)16-32-23-12-11-21(13-22(23)26)34(4,30)31/h11-13,17-20H,5-10,14-16H2,1-4H3. The number of hydrogen-bond acceptors (Lipinski definition) is 6. The third kappa shape index (κ3) is 5.85. The first-order valence-corrected chi connectivity index (χ1v) is 14.2. The van der Waals surface area contributed by atoms with Crippen molar-refractivity contribution in [1.82, 2.24) is 9.80 Å². The summed E-state index contributed by atoms with van der Waals surface area (Å²) in [5, 5.41) is 0. The zero-order valence-corrected chi connectivity index (χ0v) is 21.4. The highest BCUT2D eigenvalue weighted by Crippen LogP contribution is 2.36. The molecule has 190 valence electrons. The van der Waals surface area contributed by atoms with Crippen LogP contribution in [0.4, 0.5) is 9.18 Å². The largest absolute Gasteiger partial charge is 0.490 e. The summed E-state index contributed by atoms with van der Waals surface area (Å²) in [7, 11) is -3.44. The summed E-state index contributed by atoms with van der Waals surface area (Å²) in [5.41, 5.74) is -0.479. The van der Waals surface area contributed by atoms with Crippen LogP contribution in [0.1, 0.15) is 59.3 Å². The lowest BCUT2D eigenvalue weighted by Gasteiger charge is -2.46. The molecule has 3 fully saturated rings. The van der Waals surface area contributed by atoms with Crippen molar-refractivity contribution < 1.29 is 27.1 Å². The second kappa shape index (κ2) is 9.64. The second-order valence-corrected chi connectivity index (χ2v) is 13.1. The van der Waals surface area contributed by atoms with Gasteiger partial charge in [-0.1, -0.05) is 0 Å². The van der Waals surface area contributed by atoms with Crippen molar-refractivity contribution in [1.29, 1.82) is 0 Å². The van der Waals surface area contributed by atoms with Crippen LogP contribution in [0.25, 0.3) is 0 Å². The highest BCUT2D eigenvalue weighted by molar-refractivity contribution is 7.90. The number of carbonyl (C=O) groups is 1. The zero-order valence-electron chi connectivity index (χ0n) is 20.6. The molecule has 0 aromatic heterocycles. The number of halogens is 1. The lowest BCUT2D eigenvalue weighted by atomic mass is 9.85. The van der Waals surface area contributed by atoms with Crippen molar-refractivity contribution in [2.24, 2.45) is 5.92 Å². The Kier molecular flexibility index (Phi) is 7.16. The molecule has 2 heterocycles. The van der Waals surface area contributed by atoms with Gasteiger partial charge >= 0.3 is 6.09 Å². The first kappa shape index (κ1) is 25.2. The van der Waals surface area contributed by atoms with Crippen molar-refractivity contribution in [2.45, 2.75) is 87.9 Å². The van der Waals surface area contributed by atoms with Crippen LogP contribution in [0.15, 0.2) is 23.1 Å². The van der Waals surface area contributed by atoms with Gasteiger partial charge in [-0.2, -0.15) is 0 Å². The monoisotopic (exact) mass is 496 g/mol. The SMILES string of the molecule is CC(C)(C)OC(=O)N1C2CCC1CN(C1CCC(COc3ccc(S(C)(=O)=O)cc3F)CC1)C2. The molecular formula is C25H37FN2O5S. The van der Waals surface area contributed by atoms with E-state index in [1.807, 2.05) is 25.7 Å². The van der Waals surface area contributed by atoms with Crippen molar-refractivity contribution in [3.63, 3.8) is 0 Å². The van der Waals surface area contributed by atoms with Crippen LogP contribution >= 0.6 is 0 Å². The van der Waals surface area contributed by atoms with Gasteiger partial charge < -0.3 is 9.47 Å². The molecular weight excluding hydrogens is 459 g/mol. The molecule has 0 N–H and O–H groups in total. The molecule has 1 aliphatic carbocycles. The van der Waals surface area contributed by atoms with Crippen LogP contribution in [-0.4, -0.2) is 74.0 Å². The third-order valence-electron chi connectivity index (χ3n) is 7.25. The molecule has 2 unspecified atom stereocenters. The smallest absolute Gasteiger partial charge is 0.410 e. The van der Waals surface area contributed by atoms with E-state index in [-0.39, 0.29) is 28.8 Å². The summed E-state index contributed by atoms with van der Waals surface area (Å²) in [6.07, 6.45) is 7.09. The van der Waals surface area contributed by atoms with Crippen LogP contribution in [0.5, 0.6) is 5.75 Å². The summed E-state index contributed by atoms with van der Waals surface area (Å²) < 4.78 is 48.8. The number of nitrogens with zero attached hydrogens (tertiary/aromatic N) is 2. The van der Waals surface area contributed by atoms with Gasteiger partial charge in [0.1, 0.15) is 5.60 Å². The first-order chi connectivity index (χ1) is 15.9. The van der Waals surface area contributed by atoms with Gasteiger partial charge in [0.2, 0.25) is 0 Å². The van der Waals surface area contributed by atoms with Gasteiger partial charge in [0.05, 0.1) is 11.5 Å². The Morgan fingerprint density at radius 1 is 1.03 bits per heavy atom. The minimum absolute atomic E-state index is 0.0430. The van der Waals surface area contributed by atoms with Gasteiger partial charge in [0, 0.05) is 37.5 Å². The third-order valence-corrected chi connectivity index (χ3v) is 8.36. The molecule has 4 rings (SSSR count). The van der Waals surface area contributed by atoms with Crippen LogP contribution in [-0.2, 0) is 14.6 Å². The number of rotatable bonds is 5. The van der Waals surface area contributed by atoms with E-state index >= 15 is 0 Å². The zero-order chi connectivity index (χ0) is 24.7. The molecule has 1 aromatic rings. The topological polar surface area (TPSA) is 76.2 Å². The Morgan fingerprint density at radius 2 is 1.62 bits per heavy atom. The highest BCUT2D eigenvalue weighted by atomic mass is 32.2. The summed E-state index contributed by atoms with van der Waals surface area (Å²) >= 11 is 0. The van der Waals surface area contributed by atoms with Gasteiger partial charge in [-0.3, -0.25) is 9.80 Å². The normalized spacial score (nSPS) is 28.1. The second-order valence-electron chi connectivity index (χ2n) is 11.1. The minimum atomic E-state index is -3.44. The summed E-state index contributed by atoms with van der Waals surface area (Å²) in [6, 6.07) is 4.77. The Hall–Kier alpha value is -1.87. The van der Waals surface area contributed by atoms with Gasteiger partial charge in [0.15, 0.2) is 21.4 Å². The molecule has 1 aromatic carbocycles. The average molecular weight is 497 g/mol. The number of likely N-dealkylation sites (tertiary alicyclic amines) is 1. The van der Waals surface area contributed by atoms with E-state index in [1.54, 1.807) is 0 Å². The quantitative estimate of drug-likeness (QED) is 0.607. The molecule has 2 atom stereocenters. The molecule has 9 heteroatoms. The molecule has 1 saturated carbocycles. The van der Waals surface area contributed by atoms with E-state index in [9.17, 15) is 17.6 Å². The number of benzene rings is 1. The Labute approximate surface area is 202 Å². The van der Waals surface area contributed by atoms with Crippen molar-refractivity contribution in [2.75, 3.05) is 26.0 Å². The molecule has 0 spiro atoms. The Balaban J connectivity index is 1.25. The summed E-state index contributed by atoms with van der Waals surface area (Å²) in [5.74, 6) is -0.190. The number of piperazine rings is 1. The predicted octanol–water partition coefficient (Wildman–Crippen LogP) is 4.25. The number of sulfone groups is 1. The van der Waals surface area contributed by atoms with Crippen LogP contribution < -0.4 is 4.74 Å². The fourth-order valence-electron chi connectivity index (χ4n) is 5.56. The van der Waals surface area contributed by atoms with Crippen LogP contribution in [0, 0.1) is 11.7 Å². The highest BCUT2D eigenvalue weighted by Gasteiger charge is 2.45. The van der Waals surface area contributed by atoms with E-state index in [1.165, 1.54) is 12.1 Å². The molecule has 2 aliphatic heterocycles. The van der Waals surface area contributed by atoms with Gasteiger partial charge in [-0.05, 0) is 83.4 Å². The fraction of sp³-hybridized carbons (Fsp3) is 0.720. The molecule has 2 bridgehead atoms. The number of amides is 1. The fourth-order valence-corrected chi connectivity index (χ4v) is 6.19. The molecule has 0 radical (unpaired) electrons. The summed E-state index contributed by atoms with van der Waals surface area (Å²) in [6.45, 7) is 7.96.